The van der Waals surface area contributed by atoms with Crippen molar-refractivity contribution in [2.45, 2.75) is 40.2 Å². The minimum absolute atomic E-state index is 0.0688. The SMILES string of the molecule is CCC(NCC(=O)NCC(C)C)c1ccc(C)cc1. The van der Waals surface area contributed by atoms with E-state index in [1.165, 1.54) is 11.1 Å². The third-order valence-electron chi connectivity index (χ3n) is 3.10. The standard InChI is InChI=1S/C16H26N2O/c1-5-15(14-8-6-13(4)7-9-14)17-11-16(19)18-10-12(2)3/h6-9,12,15,17H,5,10-11H2,1-4H3,(H,18,19). The van der Waals surface area contributed by atoms with Crippen LogP contribution in [0, 0.1) is 12.8 Å². The Bertz CT molecular complexity index is 384. The van der Waals surface area contributed by atoms with Crippen LogP contribution in [0.4, 0.5) is 0 Å². The summed E-state index contributed by atoms with van der Waals surface area (Å²) in [6.45, 7) is 9.51. The largest absolute Gasteiger partial charge is 0.355 e. The Morgan fingerprint density at radius 2 is 1.84 bits per heavy atom. The van der Waals surface area contributed by atoms with E-state index in [9.17, 15) is 4.79 Å². The summed E-state index contributed by atoms with van der Waals surface area (Å²) in [6.07, 6.45) is 0.973. The first-order chi connectivity index (χ1) is 9.02. The molecule has 1 rings (SSSR count). The number of hydrogen-bond donors (Lipinski definition) is 2. The van der Waals surface area contributed by atoms with Gasteiger partial charge in [0.25, 0.3) is 0 Å². The zero-order valence-corrected chi connectivity index (χ0v) is 12.5. The average Bonchev–Trinajstić information content (AvgIpc) is 2.39. The third kappa shape index (κ3) is 5.88. The van der Waals surface area contributed by atoms with Crippen molar-refractivity contribution >= 4 is 5.91 Å². The molecule has 0 bridgehead atoms. The van der Waals surface area contributed by atoms with Crippen LogP contribution in [-0.2, 0) is 4.79 Å². The molecule has 0 radical (unpaired) electrons. The van der Waals surface area contributed by atoms with Gasteiger partial charge in [0.05, 0.1) is 6.54 Å². The summed E-state index contributed by atoms with van der Waals surface area (Å²) in [6, 6.07) is 8.72. The molecule has 3 heteroatoms. The number of rotatable bonds is 7. The molecule has 19 heavy (non-hydrogen) atoms. The predicted octanol–water partition coefficient (Wildman–Crippen LogP) is 2.81. The third-order valence-corrected chi connectivity index (χ3v) is 3.10. The Balaban J connectivity index is 2.44. The van der Waals surface area contributed by atoms with Gasteiger partial charge in [-0.15, -0.1) is 0 Å². The van der Waals surface area contributed by atoms with E-state index in [-0.39, 0.29) is 11.9 Å². The smallest absolute Gasteiger partial charge is 0.233 e. The van der Waals surface area contributed by atoms with Gasteiger partial charge < -0.3 is 10.6 Å². The molecule has 106 valence electrons. The molecule has 0 saturated carbocycles. The van der Waals surface area contributed by atoms with E-state index in [0.717, 1.165) is 13.0 Å². The molecular weight excluding hydrogens is 236 g/mol. The summed E-state index contributed by atoms with van der Waals surface area (Å²) in [4.78, 5) is 11.7. The Morgan fingerprint density at radius 1 is 1.21 bits per heavy atom. The van der Waals surface area contributed by atoms with Gasteiger partial charge >= 0.3 is 0 Å². The molecule has 0 heterocycles. The van der Waals surface area contributed by atoms with Crippen molar-refractivity contribution in [2.75, 3.05) is 13.1 Å². The molecule has 0 aliphatic rings. The minimum Gasteiger partial charge on any atom is -0.355 e. The van der Waals surface area contributed by atoms with Crippen molar-refractivity contribution in [3.8, 4) is 0 Å². The molecule has 0 saturated heterocycles. The van der Waals surface area contributed by atoms with E-state index in [2.05, 4.69) is 62.6 Å². The maximum Gasteiger partial charge on any atom is 0.233 e. The van der Waals surface area contributed by atoms with Gasteiger partial charge in [0.15, 0.2) is 0 Å². The molecule has 1 aromatic rings. The van der Waals surface area contributed by atoms with Crippen LogP contribution in [-0.4, -0.2) is 19.0 Å². The van der Waals surface area contributed by atoms with Crippen LogP contribution in [0.1, 0.15) is 44.4 Å². The highest BCUT2D eigenvalue weighted by atomic mass is 16.1. The van der Waals surface area contributed by atoms with E-state index in [1.54, 1.807) is 0 Å². The summed E-state index contributed by atoms with van der Waals surface area (Å²) in [5.41, 5.74) is 2.50. The lowest BCUT2D eigenvalue weighted by molar-refractivity contribution is -0.120. The van der Waals surface area contributed by atoms with Crippen LogP contribution in [0.15, 0.2) is 24.3 Å². The Morgan fingerprint density at radius 3 is 2.37 bits per heavy atom. The lowest BCUT2D eigenvalue weighted by Crippen LogP contribution is -2.37. The second-order valence-corrected chi connectivity index (χ2v) is 5.45. The topological polar surface area (TPSA) is 41.1 Å². The Kier molecular flexibility index (Phi) is 6.57. The van der Waals surface area contributed by atoms with E-state index in [4.69, 9.17) is 0 Å². The number of aryl methyl sites for hydroxylation is 1. The van der Waals surface area contributed by atoms with Gasteiger partial charge in [-0.05, 0) is 24.8 Å². The number of carbonyl (C=O) groups excluding carboxylic acids is 1. The fourth-order valence-corrected chi connectivity index (χ4v) is 1.89. The summed E-state index contributed by atoms with van der Waals surface area (Å²) >= 11 is 0. The summed E-state index contributed by atoms with van der Waals surface area (Å²) in [7, 11) is 0. The number of hydrogen-bond acceptors (Lipinski definition) is 2. The highest BCUT2D eigenvalue weighted by molar-refractivity contribution is 5.78. The van der Waals surface area contributed by atoms with Crippen LogP contribution < -0.4 is 10.6 Å². The highest BCUT2D eigenvalue weighted by Crippen LogP contribution is 2.16. The Hall–Kier alpha value is -1.35. The van der Waals surface area contributed by atoms with Crippen molar-refractivity contribution in [2.24, 2.45) is 5.92 Å². The van der Waals surface area contributed by atoms with Crippen molar-refractivity contribution < 1.29 is 4.79 Å². The molecule has 0 fully saturated rings. The normalized spacial score (nSPS) is 12.5. The summed E-state index contributed by atoms with van der Waals surface area (Å²) in [5.74, 6) is 0.558. The average molecular weight is 262 g/mol. The number of nitrogens with one attached hydrogen (secondary N) is 2. The molecule has 0 aliphatic heterocycles. The fraction of sp³-hybridized carbons (Fsp3) is 0.562. The number of benzene rings is 1. The number of carbonyl (C=O) groups is 1. The fourth-order valence-electron chi connectivity index (χ4n) is 1.89. The monoisotopic (exact) mass is 262 g/mol. The van der Waals surface area contributed by atoms with Gasteiger partial charge in [-0.2, -0.15) is 0 Å². The zero-order valence-electron chi connectivity index (χ0n) is 12.5. The van der Waals surface area contributed by atoms with Crippen LogP contribution in [0.2, 0.25) is 0 Å². The van der Waals surface area contributed by atoms with Crippen LogP contribution >= 0.6 is 0 Å². The quantitative estimate of drug-likeness (QED) is 0.793. The Labute approximate surface area is 116 Å². The molecule has 2 N–H and O–H groups in total. The molecule has 1 unspecified atom stereocenters. The van der Waals surface area contributed by atoms with E-state index >= 15 is 0 Å². The van der Waals surface area contributed by atoms with Crippen LogP contribution in [0.25, 0.3) is 0 Å². The van der Waals surface area contributed by atoms with Gasteiger partial charge in [-0.1, -0.05) is 50.6 Å². The summed E-state index contributed by atoms with van der Waals surface area (Å²) < 4.78 is 0. The number of amides is 1. The van der Waals surface area contributed by atoms with Gasteiger partial charge in [0.2, 0.25) is 5.91 Å². The van der Waals surface area contributed by atoms with Gasteiger partial charge in [0.1, 0.15) is 0 Å². The molecule has 0 aromatic heterocycles. The van der Waals surface area contributed by atoms with E-state index in [1.807, 2.05) is 0 Å². The second kappa shape index (κ2) is 7.95. The molecule has 0 aliphatic carbocycles. The summed E-state index contributed by atoms with van der Waals surface area (Å²) in [5, 5.41) is 6.24. The molecule has 0 spiro atoms. The van der Waals surface area contributed by atoms with Crippen molar-refractivity contribution in [3.05, 3.63) is 35.4 Å². The van der Waals surface area contributed by atoms with E-state index < -0.39 is 0 Å². The lowest BCUT2D eigenvalue weighted by Gasteiger charge is -2.17. The molecule has 1 amide bonds. The first-order valence-corrected chi connectivity index (χ1v) is 7.09. The van der Waals surface area contributed by atoms with Gasteiger partial charge in [-0.3, -0.25) is 4.79 Å². The highest BCUT2D eigenvalue weighted by Gasteiger charge is 2.10. The van der Waals surface area contributed by atoms with Gasteiger partial charge in [-0.25, -0.2) is 0 Å². The molecule has 1 atom stereocenters. The second-order valence-electron chi connectivity index (χ2n) is 5.45. The zero-order chi connectivity index (χ0) is 14.3. The van der Waals surface area contributed by atoms with Gasteiger partial charge in [0, 0.05) is 12.6 Å². The minimum atomic E-state index is 0.0688. The van der Waals surface area contributed by atoms with Crippen LogP contribution in [0.5, 0.6) is 0 Å². The molecule has 1 aromatic carbocycles. The van der Waals surface area contributed by atoms with Crippen molar-refractivity contribution in [1.29, 1.82) is 0 Å². The predicted molar refractivity (Wildman–Crippen MR) is 80.1 cm³/mol. The van der Waals surface area contributed by atoms with Crippen molar-refractivity contribution in [1.82, 2.24) is 10.6 Å². The van der Waals surface area contributed by atoms with Crippen molar-refractivity contribution in [3.63, 3.8) is 0 Å². The maximum atomic E-state index is 11.7. The molecule has 3 nitrogen and oxygen atoms in total. The molecular formula is C16H26N2O. The first kappa shape index (κ1) is 15.7. The van der Waals surface area contributed by atoms with Crippen LogP contribution in [0.3, 0.4) is 0 Å². The first-order valence-electron chi connectivity index (χ1n) is 7.09. The van der Waals surface area contributed by atoms with E-state index in [0.29, 0.717) is 12.5 Å². The lowest BCUT2D eigenvalue weighted by atomic mass is 10.0. The maximum absolute atomic E-state index is 11.7.